The number of hydroxylamine groups is 1. The molecule has 0 heterocycles. The highest BCUT2D eigenvalue weighted by Gasteiger charge is 2.30. The first kappa shape index (κ1) is 13.4. The van der Waals surface area contributed by atoms with Gasteiger partial charge in [-0.1, -0.05) is 13.8 Å². The first-order valence-corrected chi connectivity index (χ1v) is 5.02. The summed E-state index contributed by atoms with van der Waals surface area (Å²) in [5.41, 5.74) is 7.07. The van der Waals surface area contributed by atoms with Crippen molar-refractivity contribution in [1.82, 2.24) is 5.48 Å². The summed E-state index contributed by atoms with van der Waals surface area (Å²) in [4.78, 5) is 16.8. The summed E-state index contributed by atoms with van der Waals surface area (Å²) in [6, 6.07) is 0. The molecule has 3 N–H and O–H groups in total. The second-order valence-electron chi connectivity index (χ2n) is 4.51. The van der Waals surface area contributed by atoms with Crippen LogP contribution in [0.1, 0.15) is 47.5 Å². The minimum atomic E-state index is -0.814. The topological polar surface area (TPSA) is 64.4 Å². The van der Waals surface area contributed by atoms with Gasteiger partial charge >= 0.3 is 0 Å². The van der Waals surface area contributed by atoms with Crippen LogP contribution >= 0.6 is 0 Å². The zero-order valence-corrected chi connectivity index (χ0v) is 9.81. The van der Waals surface area contributed by atoms with Gasteiger partial charge in [0.1, 0.15) is 0 Å². The SMILES string of the molecule is CCC(N)(CC)C(=O)NOC(C)(C)C. The molecule has 0 saturated carbocycles. The third kappa shape index (κ3) is 4.07. The van der Waals surface area contributed by atoms with Gasteiger partial charge in [0.25, 0.3) is 5.91 Å². The van der Waals surface area contributed by atoms with Crippen molar-refractivity contribution in [3.63, 3.8) is 0 Å². The molecule has 0 aromatic rings. The summed E-state index contributed by atoms with van der Waals surface area (Å²) < 4.78 is 0. The monoisotopic (exact) mass is 202 g/mol. The Balaban J connectivity index is 4.20. The van der Waals surface area contributed by atoms with Crippen LogP contribution in [0.5, 0.6) is 0 Å². The molecule has 14 heavy (non-hydrogen) atoms. The van der Waals surface area contributed by atoms with Gasteiger partial charge in [0.2, 0.25) is 0 Å². The molecule has 0 radical (unpaired) electrons. The van der Waals surface area contributed by atoms with Crippen molar-refractivity contribution in [2.45, 2.75) is 58.6 Å². The molecule has 0 aliphatic carbocycles. The Morgan fingerprint density at radius 2 is 1.71 bits per heavy atom. The quantitative estimate of drug-likeness (QED) is 0.676. The highest BCUT2D eigenvalue weighted by molar-refractivity contribution is 5.85. The zero-order valence-electron chi connectivity index (χ0n) is 9.81. The van der Waals surface area contributed by atoms with Crippen LogP contribution in [0.25, 0.3) is 0 Å². The summed E-state index contributed by atoms with van der Waals surface area (Å²) >= 11 is 0. The molecule has 1 amide bonds. The highest BCUT2D eigenvalue weighted by Crippen LogP contribution is 2.12. The van der Waals surface area contributed by atoms with E-state index in [2.05, 4.69) is 5.48 Å². The lowest BCUT2D eigenvalue weighted by Gasteiger charge is -2.27. The van der Waals surface area contributed by atoms with Crippen LogP contribution in [0.15, 0.2) is 0 Å². The minimum absolute atomic E-state index is 0.252. The maximum Gasteiger partial charge on any atom is 0.263 e. The molecule has 0 aliphatic rings. The molecule has 0 aromatic heterocycles. The summed E-state index contributed by atoms with van der Waals surface area (Å²) in [6.07, 6.45) is 1.20. The van der Waals surface area contributed by atoms with Crippen molar-refractivity contribution in [2.75, 3.05) is 0 Å². The van der Waals surface area contributed by atoms with Crippen molar-refractivity contribution in [1.29, 1.82) is 0 Å². The summed E-state index contributed by atoms with van der Waals surface area (Å²) in [5, 5.41) is 0. The molecular formula is C10H22N2O2. The fourth-order valence-corrected chi connectivity index (χ4v) is 0.872. The van der Waals surface area contributed by atoms with Gasteiger partial charge in [0.05, 0.1) is 11.1 Å². The van der Waals surface area contributed by atoms with E-state index in [1.807, 2.05) is 34.6 Å². The van der Waals surface area contributed by atoms with Crippen LogP contribution in [-0.4, -0.2) is 17.0 Å². The molecule has 0 atom stereocenters. The smallest absolute Gasteiger partial charge is 0.263 e. The molecule has 0 fully saturated rings. The Bertz CT molecular complexity index is 193. The van der Waals surface area contributed by atoms with Gasteiger partial charge in [-0.2, -0.15) is 0 Å². The second-order valence-corrected chi connectivity index (χ2v) is 4.51. The van der Waals surface area contributed by atoms with Crippen molar-refractivity contribution < 1.29 is 9.63 Å². The van der Waals surface area contributed by atoms with Crippen molar-refractivity contribution in [3.05, 3.63) is 0 Å². The minimum Gasteiger partial charge on any atom is -0.317 e. The highest BCUT2D eigenvalue weighted by atomic mass is 16.7. The van der Waals surface area contributed by atoms with E-state index >= 15 is 0 Å². The van der Waals surface area contributed by atoms with Gasteiger partial charge in [0, 0.05) is 0 Å². The van der Waals surface area contributed by atoms with Gasteiger partial charge < -0.3 is 5.73 Å². The largest absolute Gasteiger partial charge is 0.317 e. The zero-order chi connectivity index (χ0) is 11.4. The molecule has 0 aliphatic heterocycles. The Labute approximate surface area is 86.1 Å². The van der Waals surface area contributed by atoms with E-state index in [-0.39, 0.29) is 5.91 Å². The van der Waals surface area contributed by atoms with Gasteiger partial charge in [-0.05, 0) is 33.6 Å². The van der Waals surface area contributed by atoms with Crippen molar-refractivity contribution >= 4 is 5.91 Å². The molecule has 0 bridgehead atoms. The number of hydrogen-bond acceptors (Lipinski definition) is 3. The maximum atomic E-state index is 11.6. The molecule has 0 unspecified atom stereocenters. The number of nitrogens with one attached hydrogen (secondary N) is 1. The molecule has 0 saturated heterocycles. The molecule has 4 heteroatoms. The maximum absolute atomic E-state index is 11.6. The van der Waals surface area contributed by atoms with Crippen LogP contribution in [-0.2, 0) is 9.63 Å². The molecule has 84 valence electrons. The Hall–Kier alpha value is -0.610. The van der Waals surface area contributed by atoms with Crippen LogP contribution in [0.3, 0.4) is 0 Å². The van der Waals surface area contributed by atoms with Crippen LogP contribution in [0, 0.1) is 0 Å². The Kier molecular flexibility index (Phi) is 4.55. The number of carbonyl (C=O) groups is 1. The standard InChI is InChI=1S/C10H22N2O2/c1-6-10(11,7-2)8(13)12-14-9(3,4)5/h6-7,11H2,1-5H3,(H,12,13). The van der Waals surface area contributed by atoms with Gasteiger partial charge in [-0.15, -0.1) is 0 Å². The van der Waals surface area contributed by atoms with Crippen LogP contribution in [0.4, 0.5) is 0 Å². The van der Waals surface area contributed by atoms with E-state index in [1.54, 1.807) is 0 Å². The number of hydrogen-bond donors (Lipinski definition) is 2. The first-order valence-electron chi connectivity index (χ1n) is 5.02. The third-order valence-electron chi connectivity index (χ3n) is 2.16. The molecular weight excluding hydrogens is 180 g/mol. The summed E-state index contributed by atoms with van der Waals surface area (Å²) in [6.45, 7) is 9.37. The molecule has 0 spiro atoms. The van der Waals surface area contributed by atoms with E-state index in [1.165, 1.54) is 0 Å². The fourth-order valence-electron chi connectivity index (χ4n) is 0.872. The average Bonchev–Trinajstić information content (AvgIpc) is 2.11. The van der Waals surface area contributed by atoms with Crippen molar-refractivity contribution in [2.24, 2.45) is 5.73 Å². The lowest BCUT2D eigenvalue weighted by Crippen LogP contribution is -2.54. The molecule has 0 aromatic carbocycles. The average molecular weight is 202 g/mol. The summed E-state index contributed by atoms with van der Waals surface area (Å²) in [5.74, 6) is -0.252. The number of rotatable bonds is 4. The fraction of sp³-hybridized carbons (Fsp3) is 0.900. The van der Waals surface area contributed by atoms with E-state index < -0.39 is 11.1 Å². The lowest BCUT2D eigenvalue weighted by atomic mass is 9.94. The van der Waals surface area contributed by atoms with Gasteiger partial charge in [-0.3, -0.25) is 9.63 Å². The lowest BCUT2D eigenvalue weighted by molar-refractivity contribution is -0.151. The normalized spacial score (nSPS) is 12.7. The first-order chi connectivity index (χ1) is 6.25. The van der Waals surface area contributed by atoms with Crippen molar-refractivity contribution in [3.8, 4) is 0 Å². The Morgan fingerprint density at radius 1 is 1.29 bits per heavy atom. The Morgan fingerprint density at radius 3 is 2.00 bits per heavy atom. The van der Waals surface area contributed by atoms with Crippen LogP contribution in [0.2, 0.25) is 0 Å². The summed E-state index contributed by atoms with van der Waals surface area (Å²) in [7, 11) is 0. The van der Waals surface area contributed by atoms with E-state index in [9.17, 15) is 4.79 Å². The van der Waals surface area contributed by atoms with Gasteiger partial charge in [-0.25, -0.2) is 5.48 Å². The second kappa shape index (κ2) is 4.75. The number of carbonyl (C=O) groups excluding carboxylic acids is 1. The van der Waals surface area contributed by atoms with Crippen LogP contribution < -0.4 is 11.2 Å². The predicted octanol–water partition coefficient (Wildman–Crippen LogP) is 1.35. The number of nitrogens with two attached hydrogens (primary N) is 1. The van der Waals surface area contributed by atoms with E-state index in [4.69, 9.17) is 10.6 Å². The molecule has 4 nitrogen and oxygen atoms in total. The number of amides is 1. The predicted molar refractivity (Wildman–Crippen MR) is 56.5 cm³/mol. The third-order valence-corrected chi connectivity index (χ3v) is 2.16. The van der Waals surface area contributed by atoms with Gasteiger partial charge in [0.15, 0.2) is 0 Å². The van der Waals surface area contributed by atoms with E-state index in [0.717, 1.165) is 0 Å². The molecule has 0 rings (SSSR count). The van der Waals surface area contributed by atoms with E-state index in [0.29, 0.717) is 12.8 Å².